The Morgan fingerprint density at radius 3 is 2.07 bits per heavy atom. The third-order valence-corrected chi connectivity index (χ3v) is 9.68. The van der Waals surface area contributed by atoms with Gasteiger partial charge in [-0.3, -0.25) is 10.1 Å². The normalized spacial score (nSPS) is 12.0. The summed E-state index contributed by atoms with van der Waals surface area (Å²) in [6.07, 6.45) is 4.61. The van der Waals surface area contributed by atoms with Gasteiger partial charge in [0.25, 0.3) is 5.69 Å². The maximum absolute atomic E-state index is 14.8. The zero-order chi connectivity index (χ0) is 30.0. The van der Waals surface area contributed by atoms with Gasteiger partial charge in [-0.15, -0.1) is 0 Å². The molecular weight excluding hydrogens is 538 g/mol. The minimum atomic E-state index is -4.13. The topological polar surface area (TPSA) is 104 Å². The molecule has 1 N–H and O–H groups in total. The van der Waals surface area contributed by atoms with Crippen molar-refractivity contribution < 1.29 is 18.4 Å². The summed E-state index contributed by atoms with van der Waals surface area (Å²) in [4.78, 5) is 13.0. The number of nitro benzene ring substituents is 1. The highest BCUT2D eigenvalue weighted by Gasteiger charge is 2.43. The monoisotopic (exact) mass is 581 g/mol. The van der Waals surface area contributed by atoms with Gasteiger partial charge in [0.2, 0.25) is 10.0 Å². The van der Waals surface area contributed by atoms with Crippen LogP contribution in [-0.2, 0) is 23.0 Å². The molecule has 0 aromatic heterocycles. The van der Waals surface area contributed by atoms with Crippen molar-refractivity contribution in [3.05, 3.63) is 99.6 Å². The van der Waals surface area contributed by atoms with E-state index in [1.54, 1.807) is 24.3 Å². The van der Waals surface area contributed by atoms with Crippen LogP contribution in [0.5, 0.6) is 0 Å². The summed E-state index contributed by atoms with van der Waals surface area (Å²) in [6, 6.07) is 21.0. The second kappa shape index (κ2) is 14.6. The molecule has 9 heteroatoms. The smallest absolute Gasteiger partial charge is 0.269 e. The molecule has 3 rings (SSSR count). The van der Waals surface area contributed by atoms with E-state index < -0.39 is 20.5 Å². The summed E-state index contributed by atoms with van der Waals surface area (Å²) in [5.74, 6) is 0. The lowest BCUT2D eigenvalue weighted by Gasteiger charge is -2.43. The molecule has 0 unspecified atom stereocenters. The molecule has 41 heavy (non-hydrogen) atoms. The van der Waals surface area contributed by atoms with Crippen LogP contribution < -0.4 is 4.90 Å². The van der Waals surface area contributed by atoms with Crippen molar-refractivity contribution in [2.75, 3.05) is 25.6 Å². The van der Waals surface area contributed by atoms with Crippen molar-refractivity contribution in [3.63, 3.8) is 0 Å². The van der Waals surface area contributed by atoms with E-state index in [1.165, 1.54) is 16.4 Å². The maximum Gasteiger partial charge on any atom is 0.269 e. The number of aliphatic hydroxyl groups is 1. The predicted octanol–water partition coefficient (Wildman–Crippen LogP) is 6.55. The first-order chi connectivity index (χ1) is 19.6. The van der Waals surface area contributed by atoms with E-state index in [2.05, 4.69) is 13.8 Å². The highest BCUT2D eigenvalue weighted by molar-refractivity contribution is 7.89. The van der Waals surface area contributed by atoms with Crippen molar-refractivity contribution in [1.82, 2.24) is 4.31 Å². The van der Waals surface area contributed by atoms with Gasteiger partial charge in [0.05, 0.1) is 22.0 Å². The van der Waals surface area contributed by atoms with Gasteiger partial charge in [-0.05, 0) is 54.2 Å². The number of hydrogen-bond acceptors (Lipinski definition) is 6. The maximum atomic E-state index is 14.8. The number of hydrogen-bond donors (Lipinski definition) is 1. The van der Waals surface area contributed by atoms with E-state index >= 15 is 0 Å². The van der Waals surface area contributed by atoms with Crippen LogP contribution >= 0.6 is 0 Å². The van der Waals surface area contributed by atoms with Gasteiger partial charge in [0.1, 0.15) is 0 Å². The Hall–Kier alpha value is -3.27. The van der Waals surface area contributed by atoms with Crippen LogP contribution in [0, 0.1) is 10.1 Å². The minimum absolute atomic E-state index is 0.0418. The van der Waals surface area contributed by atoms with E-state index in [0.29, 0.717) is 24.0 Å². The molecule has 222 valence electrons. The lowest BCUT2D eigenvalue weighted by atomic mass is 9.87. The average molecular weight is 582 g/mol. The Kier molecular flexibility index (Phi) is 11.5. The van der Waals surface area contributed by atoms with Crippen LogP contribution in [0.25, 0.3) is 0 Å². The van der Waals surface area contributed by atoms with Crippen LogP contribution in [0.2, 0.25) is 0 Å². The van der Waals surface area contributed by atoms with Gasteiger partial charge < -0.3 is 10.0 Å². The lowest BCUT2D eigenvalue weighted by molar-refractivity contribution is -0.384. The minimum Gasteiger partial charge on any atom is -0.394 e. The molecule has 0 heterocycles. The molecule has 0 aliphatic carbocycles. The highest BCUT2D eigenvalue weighted by Crippen LogP contribution is 2.37. The van der Waals surface area contributed by atoms with E-state index in [4.69, 9.17) is 0 Å². The summed E-state index contributed by atoms with van der Waals surface area (Å²) in [6.45, 7) is 3.97. The van der Waals surface area contributed by atoms with Gasteiger partial charge in [0.15, 0.2) is 0 Å². The molecule has 0 saturated heterocycles. The van der Waals surface area contributed by atoms with Crippen LogP contribution in [0.15, 0.2) is 77.7 Å². The number of benzene rings is 3. The number of aliphatic hydroxyl groups excluding tert-OH is 1. The molecule has 3 aromatic rings. The molecule has 0 saturated carbocycles. The first-order valence-electron chi connectivity index (χ1n) is 14.3. The molecular formula is C32H43N3O5S. The molecule has 0 fully saturated rings. The SMILES string of the molecule is CCCCC(CO)(CCCC)N(Cc1ccccc1)S(=O)(=O)c1ccc(N(C)C)cc1Cc1cccc([N+](=O)[O-])c1. The second-order valence-electron chi connectivity index (χ2n) is 10.9. The molecule has 0 radical (unpaired) electrons. The van der Waals surface area contributed by atoms with E-state index in [9.17, 15) is 23.6 Å². The number of unbranched alkanes of at least 4 members (excludes halogenated alkanes) is 2. The Bertz CT molecular complexity index is 1390. The largest absolute Gasteiger partial charge is 0.394 e. The number of non-ortho nitro benzene ring substituents is 1. The van der Waals surface area contributed by atoms with Crippen molar-refractivity contribution in [1.29, 1.82) is 0 Å². The number of nitro groups is 1. The fourth-order valence-electron chi connectivity index (χ4n) is 5.23. The predicted molar refractivity (Wildman–Crippen MR) is 165 cm³/mol. The van der Waals surface area contributed by atoms with Crippen molar-refractivity contribution in [3.8, 4) is 0 Å². The summed E-state index contributed by atoms with van der Waals surface area (Å²) in [5, 5.41) is 22.3. The lowest BCUT2D eigenvalue weighted by Crippen LogP contribution is -2.54. The zero-order valence-corrected chi connectivity index (χ0v) is 25.4. The molecule has 0 bridgehead atoms. The fraction of sp³-hybridized carbons (Fsp3) is 0.438. The fourth-order valence-corrected chi connectivity index (χ4v) is 7.24. The number of rotatable bonds is 16. The van der Waals surface area contributed by atoms with Gasteiger partial charge in [0, 0.05) is 38.5 Å². The highest BCUT2D eigenvalue weighted by atomic mass is 32.2. The van der Waals surface area contributed by atoms with Crippen molar-refractivity contribution in [2.45, 2.75) is 75.8 Å². The van der Waals surface area contributed by atoms with Gasteiger partial charge in [-0.2, -0.15) is 4.31 Å². The Morgan fingerprint density at radius 2 is 1.51 bits per heavy atom. The summed E-state index contributed by atoms with van der Waals surface area (Å²) >= 11 is 0. The number of sulfonamides is 1. The molecule has 0 aliphatic rings. The zero-order valence-electron chi connectivity index (χ0n) is 24.6. The average Bonchev–Trinajstić information content (AvgIpc) is 2.97. The second-order valence-corrected chi connectivity index (χ2v) is 12.7. The van der Waals surface area contributed by atoms with Crippen LogP contribution in [0.1, 0.15) is 69.1 Å². The number of anilines is 1. The first-order valence-corrected chi connectivity index (χ1v) is 15.7. The Morgan fingerprint density at radius 1 is 0.878 bits per heavy atom. The standard InChI is InChI=1S/C32H43N3O5S/c1-5-7-19-32(25-36,20-8-6-2)34(24-26-13-10-9-11-14-26)41(39,40)31-18-17-29(33(3)4)23-28(31)21-27-15-12-16-30(22-27)35(37)38/h9-18,22-23,36H,5-8,19-21,24-25H2,1-4H3. The van der Waals surface area contributed by atoms with Crippen molar-refractivity contribution >= 4 is 21.4 Å². The third kappa shape index (κ3) is 7.93. The Labute approximate surface area is 244 Å². The molecule has 8 nitrogen and oxygen atoms in total. The van der Waals surface area contributed by atoms with Gasteiger partial charge in [-0.1, -0.05) is 82.0 Å². The molecule has 0 spiro atoms. The van der Waals surface area contributed by atoms with Crippen LogP contribution in [0.3, 0.4) is 0 Å². The molecule has 0 amide bonds. The van der Waals surface area contributed by atoms with Crippen LogP contribution in [0.4, 0.5) is 11.4 Å². The van der Waals surface area contributed by atoms with Gasteiger partial charge >= 0.3 is 0 Å². The van der Waals surface area contributed by atoms with Crippen LogP contribution in [-0.4, -0.2) is 49.0 Å². The van der Waals surface area contributed by atoms with E-state index in [1.807, 2.05) is 55.4 Å². The van der Waals surface area contributed by atoms with E-state index in [-0.39, 0.29) is 30.2 Å². The summed E-state index contributed by atoms with van der Waals surface area (Å²) in [7, 11) is -0.361. The van der Waals surface area contributed by atoms with Crippen molar-refractivity contribution in [2.24, 2.45) is 0 Å². The Balaban J connectivity index is 2.23. The molecule has 0 aliphatic heterocycles. The number of nitrogens with zero attached hydrogens (tertiary/aromatic N) is 3. The quantitative estimate of drug-likeness (QED) is 0.152. The summed E-state index contributed by atoms with van der Waals surface area (Å²) < 4.78 is 31.2. The van der Waals surface area contributed by atoms with Gasteiger partial charge in [-0.25, -0.2) is 8.42 Å². The molecule has 3 aromatic carbocycles. The summed E-state index contributed by atoms with van der Waals surface area (Å²) in [5.41, 5.74) is 1.85. The first kappa shape index (κ1) is 32.2. The van der Waals surface area contributed by atoms with E-state index in [0.717, 1.165) is 36.9 Å². The third-order valence-electron chi connectivity index (χ3n) is 7.63. The molecule has 0 atom stereocenters.